The Kier molecular flexibility index (Phi) is 1.41. The Morgan fingerprint density at radius 1 is 2.00 bits per heavy atom. The molecule has 0 bridgehead atoms. The first-order valence-corrected chi connectivity index (χ1v) is 2.97. The molecule has 0 unspecified atom stereocenters. The molecule has 52 valence electrons. The molecule has 1 N–H and O–H groups in total. The summed E-state index contributed by atoms with van der Waals surface area (Å²) in [5.41, 5.74) is 0. The first-order valence-electron chi connectivity index (χ1n) is 2.59. The number of ether oxygens (including phenoxy) is 1. The number of halogens is 1. The Balaban J connectivity index is 2.78. The van der Waals surface area contributed by atoms with E-state index in [0.717, 1.165) is 0 Å². The van der Waals surface area contributed by atoms with E-state index in [1.807, 2.05) is 0 Å². The van der Waals surface area contributed by atoms with Crippen LogP contribution in [0.3, 0.4) is 0 Å². The van der Waals surface area contributed by atoms with Gasteiger partial charge in [0.15, 0.2) is 4.87 Å². The predicted molar refractivity (Wildman–Crippen MR) is 31.2 cm³/mol. The smallest absolute Gasteiger partial charge is 0.329 e. The van der Waals surface area contributed by atoms with Crippen LogP contribution in [-0.4, -0.2) is 28.7 Å². The molecule has 2 atom stereocenters. The second-order valence-electron chi connectivity index (χ2n) is 2.19. The van der Waals surface area contributed by atoms with Gasteiger partial charge in [-0.05, 0) is 6.92 Å². The maximum atomic E-state index is 10.6. The summed E-state index contributed by atoms with van der Waals surface area (Å²) >= 11 is 5.54. The van der Waals surface area contributed by atoms with Crippen LogP contribution in [0.5, 0.6) is 0 Å². The van der Waals surface area contributed by atoms with Gasteiger partial charge in [-0.3, -0.25) is 4.79 Å². The van der Waals surface area contributed by atoms with Gasteiger partial charge < -0.3 is 9.84 Å². The summed E-state index contributed by atoms with van der Waals surface area (Å²) in [6.45, 7) is 1.45. The zero-order valence-corrected chi connectivity index (χ0v) is 5.68. The molecule has 0 amide bonds. The van der Waals surface area contributed by atoms with E-state index < -0.39 is 16.9 Å². The monoisotopic (exact) mass is 150 g/mol. The molecule has 0 radical (unpaired) electrons. The van der Waals surface area contributed by atoms with Gasteiger partial charge in [-0.2, -0.15) is 0 Å². The standard InChI is InChI=1S/C5H7ClO3/c1-5(6)3(7)2-9-4(5)8/h3,7H,2H2,1H3/t3-,5-/m1/s1. The number of aliphatic hydroxyl groups is 1. The molecule has 0 aromatic heterocycles. The number of hydrogen-bond acceptors (Lipinski definition) is 3. The zero-order chi connectivity index (χ0) is 7.07. The average Bonchev–Trinajstić information content (AvgIpc) is 1.96. The minimum Gasteiger partial charge on any atom is -0.461 e. The first-order chi connectivity index (χ1) is 4.05. The highest BCUT2D eigenvalue weighted by atomic mass is 35.5. The normalized spacial score (nSPS) is 43.0. The van der Waals surface area contributed by atoms with Crippen molar-refractivity contribution in [3.8, 4) is 0 Å². The van der Waals surface area contributed by atoms with E-state index in [2.05, 4.69) is 4.74 Å². The topological polar surface area (TPSA) is 46.5 Å². The Morgan fingerprint density at radius 3 is 2.67 bits per heavy atom. The van der Waals surface area contributed by atoms with Crippen molar-refractivity contribution in [2.45, 2.75) is 17.9 Å². The maximum absolute atomic E-state index is 10.6. The summed E-state index contributed by atoms with van der Waals surface area (Å²) in [6, 6.07) is 0. The van der Waals surface area contributed by atoms with E-state index in [9.17, 15) is 4.79 Å². The summed E-state index contributed by atoms with van der Waals surface area (Å²) in [6.07, 6.45) is -0.869. The van der Waals surface area contributed by atoms with Gasteiger partial charge in [0, 0.05) is 0 Å². The van der Waals surface area contributed by atoms with Crippen LogP contribution in [0, 0.1) is 0 Å². The van der Waals surface area contributed by atoms with Crippen LogP contribution in [-0.2, 0) is 9.53 Å². The Labute approximate surface area is 57.6 Å². The minimum atomic E-state index is -1.22. The van der Waals surface area contributed by atoms with Gasteiger partial charge in [0.1, 0.15) is 12.7 Å². The number of carbonyl (C=O) groups excluding carboxylic acids is 1. The number of rotatable bonds is 0. The van der Waals surface area contributed by atoms with Crippen molar-refractivity contribution < 1.29 is 14.6 Å². The lowest BCUT2D eigenvalue weighted by Crippen LogP contribution is -2.34. The van der Waals surface area contributed by atoms with Crippen molar-refractivity contribution in [3.63, 3.8) is 0 Å². The molecule has 1 aliphatic heterocycles. The molecular weight excluding hydrogens is 144 g/mol. The number of cyclic esters (lactones) is 1. The fourth-order valence-electron chi connectivity index (χ4n) is 0.588. The lowest BCUT2D eigenvalue weighted by atomic mass is 10.1. The van der Waals surface area contributed by atoms with Crippen LogP contribution in [0.2, 0.25) is 0 Å². The quantitative estimate of drug-likeness (QED) is 0.388. The van der Waals surface area contributed by atoms with Crippen LogP contribution >= 0.6 is 11.6 Å². The van der Waals surface area contributed by atoms with Gasteiger partial charge in [-0.15, -0.1) is 11.6 Å². The van der Waals surface area contributed by atoms with Crippen molar-refractivity contribution >= 4 is 17.6 Å². The molecule has 3 nitrogen and oxygen atoms in total. The molecule has 0 saturated carbocycles. The molecule has 0 aliphatic carbocycles. The lowest BCUT2D eigenvalue weighted by Gasteiger charge is -2.11. The Hall–Kier alpha value is -0.280. The molecule has 9 heavy (non-hydrogen) atoms. The summed E-state index contributed by atoms with van der Waals surface area (Å²) in [7, 11) is 0. The van der Waals surface area contributed by atoms with Crippen molar-refractivity contribution in [1.29, 1.82) is 0 Å². The lowest BCUT2D eigenvalue weighted by molar-refractivity contribution is -0.139. The number of hydrogen-bond donors (Lipinski definition) is 1. The number of esters is 1. The molecule has 1 fully saturated rings. The maximum Gasteiger partial charge on any atom is 0.329 e. The van der Waals surface area contributed by atoms with Crippen molar-refractivity contribution in [1.82, 2.24) is 0 Å². The van der Waals surface area contributed by atoms with E-state index in [4.69, 9.17) is 16.7 Å². The largest absolute Gasteiger partial charge is 0.461 e. The van der Waals surface area contributed by atoms with E-state index in [1.165, 1.54) is 6.92 Å². The van der Waals surface area contributed by atoms with Crippen LogP contribution in [0.25, 0.3) is 0 Å². The van der Waals surface area contributed by atoms with Gasteiger partial charge in [-0.25, -0.2) is 0 Å². The number of aliphatic hydroxyl groups excluding tert-OH is 1. The van der Waals surface area contributed by atoms with E-state index in [0.29, 0.717) is 0 Å². The van der Waals surface area contributed by atoms with Gasteiger partial charge in [0.05, 0.1) is 0 Å². The third kappa shape index (κ3) is 0.904. The van der Waals surface area contributed by atoms with Gasteiger partial charge >= 0.3 is 5.97 Å². The minimum absolute atomic E-state index is 0.0127. The second kappa shape index (κ2) is 1.85. The highest BCUT2D eigenvalue weighted by Crippen LogP contribution is 2.26. The summed E-state index contributed by atoms with van der Waals surface area (Å²) < 4.78 is 4.46. The average molecular weight is 151 g/mol. The van der Waals surface area contributed by atoms with Crippen molar-refractivity contribution in [2.75, 3.05) is 6.61 Å². The van der Waals surface area contributed by atoms with Crippen molar-refractivity contribution in [3.05, 3.63) is 0 Å². The summed E-state index contributed by atoms with van der Waals surface area (Å²) in [5, 5.41) is 8.95. The number of alkyl halides is 1. The highest BCUT2D eigenvalue weighted by molar-refractivity contribution is 6.34. The molecule has 1 heterocycles. The molecule has 0 aromatic rings. The molecule has 1 rings (SSSR count). The summed E-state index contributed by atoms with van der Waals surface area (Å²) in [4.78, 5) is 9.37. The zero-order valence-electron chi connectivity index (χ0n) is 4.93. The fraction of sp³-hybridized carbons (Fsp3) is 0.800. The molecular formula is C5H7ClO3. The summed E-state index contributed by atoms with van der Waals surface area (Å²) in [5.74, 6) is -0.545. The van der Waals surface area contributed by atoms with Gasteiger partial charge in [-0.1, -0.05) is 0 Å². The molecule has 0 aromatic carbocycles. The van der Waals surface area contributed by atoms with Crippen LogP contribution in [0.15, 0.2) is 0 Å². The van der Waals surface area contributed by atoms with Crippen LogP contribution in [0.4, 0.5) is 0 Å². The number of carbonyl (C=O) groups is 1. The van der Waals surface area contributed by atoms with Crippen LogP contribution in [0.1, 0.15) is 6.92 Å². The Morgan fingerprint density at radius 2 is 2.56 bits per heavy atom. The Bertz CT molecular complexity index is 143. The SMILES string of the molecule is C[C@]1(Cl)C(=O)OC[C@H]1O. The van der Waals surface area contributed by atoms with Gasteiger partial charge in [0.2, 0.25) is 0 Å². The van der Waals surface area contributed by atoms with E-state index >= 15 is 0 Å². The molecule has 0 spiro atoms. The molecule has 1 aliphatic rings. The third-order valence-electron chi connectivity index (χ3n) is 1.40. The highest BCUT2D eigenvalue weighted by Gasteiger charge is 2.46. The van der Waals surface area contributed by atoms with Crippen molar-refractivity contribution in [2.24, 2.45) is 0 Å². The van der Waals surface area contributed by atoms with Gasteiger partial charge in [0.25, 0.3) is 0 Å². The predicted octanol–water partition coefficient (Wildman–Crippen LogP) is -0.0984. The van der Waals surface area contributed by atoms with E-state index in [-0.39, 0.29) is 6.61 Å². The third-order valence-corrected chi connectivity index (χ3v) is 1.80. The molecule has 4 heteroatoms. The van der Waals surface area contributed by atoms with E-state index in [1.54, 1.807) is 0 Å². The molecule has 1 saturated heterocycles. The second-order valence-corrected chi connectivity index (χ2v) is 2.98. The van der Waals surface area contributed by atoms with Crippen LogP contribution < -0.4 is 0 Å². The fourth-order valence-corrected chi connectivity index (χ4v) is 0.706. The first kappa shape index (κ1) is 6.83.